The molecule has 0 atom stereocenters. The van der Waals surface area contributed by atoms with Crippen molar-refractivity contribution in [3.05, 3.63) is 51.7 Å². The van der Waals surface area contributed by atoms with Gasteiger partial charge in [-0.25, -0.2) is 0 Å². The second kappa shape index (κ2) is 6.73. The van der Waals surface area contributed by atoms with Gasteiger partial charge in [0, 0.05) is 42.1 Å². The standard InChI is InChI=1S/C16H22N2S/c1-13-5-4-6-15(11-13)18(3)10-9-17-12-16-8-7-14(2)19-16/h4-8,11,17H,9-10,12H2,1-3H3. The number of nitrogens with zero attached hydrogens (tertiary/aromatic N) is 1. The first-order chi connectivity index (χ1) is 9.15. The third-order valence-corrected chi connectivity index (χ3v) is 4.16. The highest BCUT2D eigenvalue weighted by molar-refractivity contribution is 7.11. The van der Waals surface area contributed by atoms with Gasteiger partial charge in [-0.2, -0.15) is 0 Å². The van der Waals surface area contributed by atoms with Crippen molar-refractivity contribution in [1.29, 1.82) is 0 Å². The van der Waals surface area contributed by atoms with E-state index in [-0.39, 0.29) is 0 Å². The molecule has 0 bridgehead atoms. The van der Waals surface area contributed by atoms with Gasteiger partial charge in [-0.05, 0) is 43.7 Å². The number of hydrogen-bond acceptors (Lipinski definition) is 3. The SMILES string of the molecule is Cc1cccc(N(C)CCNCc2ccc(C)s2)c1. The van der Waals surface area contributed by atoms with Gasteiger partial charge < -0.3 is 10.2 Å². The number of benzene rings is 1. The Morgan fingerprint density at radius 2 is 2.00 bits per heavy atom. The summed E-state index contributed by atoms with van der Waals surface area (Å²) in [5.41, 5.74) is 2.60. The lowest BCUT2D eigenvalue weighted by Gasteiger charge is -2.19. The molecule has 2 rings (SSSR count). The third kappa shape index (κ3) is 4.37. The van der Waals surface area contributed by atoms with E-state index in [4.69, 9.17) is 0 Å². The van der Waals surface area contributed by atoms with E-state index < -0.39 is 0 Å². The van der Waals surface area contributed by atoms with E-state index in [0.29, 0.717) is 0 Å². The quantitative estimate of drug-likeness (QED) is 0.810. The van der Waals surface area contributed by atoms with Crippen molar-refractivity contribution in [1.82, 2.24) is 5.32 Å². The van der Waals surface area contributed by atoms with Crippen LogP contribution in [0.2, 0.25) is 0 Å². The molecule has 0 saturated heterocycles. The summed E-state index contributed by atoms with van der Waals surface area (Å²) in [4.78, 5) is 5.09. The lowest BCUT2D eigenvalue weighted by Crippen LogP contribution is -2.28. The molecule has 19 heavy (non-hydrogen) atoms. The molecule has 0 aliphatic rings. The highest BCUT2D eigenvalue weighted by Gasteiger charge is 2.01. The summed E-state index contributed by atoms with van der Waals surface area (Å²) in [6.45, 7) is 7.28. The fourth-order valence-corrected chi connectivity index (χ4v) is 2.89. The topological polar surface area (TPSA) is 15.3 Å². The van der Waals surface area contributed by atoms with Crippen LogP contribution in [0.3, 0.4) is 0 Å². The van der Waals surface area contributed by atoms with E-state index in [1.807, 2.05) is 11.3 Å². The van der Waals surface area contributed by atoms with Crippen molar-refractivity contribution >= 4 is 17.0 Å². The van der Waals surface area contributed by atoms with Gasteiger partial charge in [-0.3, -0.25) is 0 Å². The van der Waals surface area contributed by atoms with E-state index in [1.165, 1.54) is 21.0 Å². The largest absolute Gasteiger partial charge is 0.373 e. The number of anilines is 1. The van der Waals surface area contributed by atoms with E-state index >= 15 is 0 Å². The molecule has 102 valence electrons. The Morgan fingerprint density at radius 3 is 2.68 bits per heavy atom. The lowest BCUT2D eigenvalue weighted by molar-refractivity contribution is 0.685. The Bertz CT molecular complexity index is 519. The van der Waals surface area contributed by atoms with Gasteiger partial charge in [-0.15, -0.1) is 11.3 Å². The van der Waals surface area contributed by atoms with Gasteiger partial charge in [-0.1, -0.05) is 12.1 Å². The zero-order valence-corrected chi connectivity index (χ0v) is 12.8. The summed E-state index contributed by atoms with van der Waals surface area (Å²) in [6.07, 6.45) is 0. The van der Waals surface area contributed by atoms with Gasteiger partial charge in [0.25, 0.3) is 0 Å². The van der Waals surface area contributed by atoms with Crippen LogP contribution in [0.4, 0.5) is 5.69 Å². The molecule has 2 nitrogen and oxygen atoms in total. The first kappa shape index (κ1) is 14.1. The van der Waals surface area contributed by atoms with Crippen LogP contribution in [-0.2, 0) is 6.54 Å². The molecule has 0 saturated carbocycles. The highest BCUT2D eigenvalue weighted by Crippen LogP contribution is 2.15. The third-order valence-electron chi connectivity index (χ3n) is 3.16. The molecule has 0 amide bonds. The Hall–Kier alpha value is -1.32. The van der Waals surface area contributed by atoms with Crippen LogP contribution < -0.4 is 10.2 Å². The molecule has 0 unspecified atom stereocenters. The van der Waals surface area contributed by atoms with Crippen molar-refractivity contribution in [2.75, 3.05) is 25.0 Å². The van der Waals surface area contributed by atoms with Crippen LogP contribution in [0, 0.1) is 13.8 Å². The van der Waals surface area contributed by atoms with Crippen LogP contribution >= 0.6 is 11.3 Å². The fraction of sp³-hybridized carbons (Fsp3) is 0.375. The second-order valence-corrected chi connectivity index (χ2v) is 6.32. The molecule has 1 aromatic carbocycles. The van der Waals surface area contributed by atoms with E-state index in [0.717, 1.165) is 19.6 Å². The van der Waals surface area contributed by atoms with Crippen molar-refractivity contribution in [2.24, 2.45) is 0 Å². The van der Waals surface area contributed by atoms with Gasteiger partial charge in [0.1, 0.15) is 0 Å². The number of hydrogen-bond donors (Lipinski definition) is 1. The molecule has 1 heterocycles. The minimum absolute atomic E-state index is 0.972. The van der Waals surface area contributed by atoms with Crippen molar-refractivity contribution < 1.29 is 0 Å². The van der Waals surface area contributed by atoms with Crippen LogP contribution in [0.1, 0.15) is 15.3 Å². The summed E-state index contributed by atoms with van der Waals surface area (Å²) >= 11 is 1.87. The monoisotopic (exact) mass is 274 g/mol. The normalized spacial score (nSPS) is 10.7. The first-order valence-electron chi connectivity index (χ1n) is 6.69. The molecule has 0 spiro atoms. The molecule has 2 aromatic rings. The van der Waals surface area contributed by atoms with Crippen LogP contribution in [0.5, 0.6) is 0 Å². The fourth-order valence-electron chi connectivity index (χ4n) is 2.03. The van der Waals surface area contributed by atoms with Crippen molar-refractivity contribution in [2.45, 2.75) is 20.4 Å². The zero-order chi connectivity index (χ0) is 13.7. The van der Waals surface area contributed by atoms with Gasteiger partial charge in [0.15, 0.2) is 0 Å². The molecule has 0 radical (unpaired) electrons. The Labute approximate surface area is 120 Å². The number of likely N-dealkylation sites (N-methyl/N-ethyl adjacent to an activating group) is 1. The maximum atomic E-state index is 3.50. The van der Waals surface area contributed by atoms with Crippen LogP contribution in [0.25, 0.3) is 0 Å². The molecule has 0 aliphatic heterocycles. The maximum Gasteiger partial charge on any atom is 0.0366 e. The van der Waals surface area contributed by atoms with Crippen molar-refractivity contribution in [3.63, 3.8) is 0 Å². The zero-order valence-electron chi connectivity index (χ0n) is 11.9. The first-order valence-corrected chi connectivity index (χ1v) is 7.50. The van der Waals surface area contributed by atoms with E-state index in [1.54, 1.807) is 0 Å². The molecule has 0 aliphatic carbocycles. The lowest BCUT2D eigenvalue weighted by atomic mass is 10.2. The number of thiophene rings is 1. The Balaban J connectivity index is 1.73. The minimum Gasteiger partial charge on any atom is -0.373 e. The van der Waals surface area contributed by atoms with Gasteiger partial charge in [0.2, 0.25) is 0 Å². The molecular formula is C16H22N2S. The highest BCUT2D eigenvalue weighted by atomic mass is 32.1. The van der Waals surface area contributed by atoms with Crippen LogP contribution in [-0.4, -0.2) is 20.1 Å². The predicted molar refractivity (Wildman–Crippen MR) is 85.2 cm³/mol. The molecule has 1 aromatic heterocycles. The van der Waals surface area contributed by atoms with Crippen molar-refractivity contribution in [3.8, 4) is 0 Å². The molecule has 1 N–H and O–H groups in total. The summed E-state index contributed by atoms with van der Waals surface area (Å²) in [5.74, 6) is 0. The average Bonchev–Trinajstić information content (AvgIpc) is 2.80. The minimum atomic E-state index is 0.972. The van der Waals surface area contributed by atoms with Gasteiger partial charge >= 0.3 is 0 Å². The summed E-state index contributed by atoms with van der Waals surface area (Å²) in [5, 5.41) is 3.50. The number of aryl methyl sites for hydroxylation is 2. The Morgan fingerprint density at radius 1 is 1.16 bits per heavy atom. The maximum absolute atomic E-state index is 3.50. The van der Waals surface area contributed by atoms with Gasteiger partial charge in [0.05, 0.1) is 0 Å². The van der Waals surface area contributed by atoms with E-state index in [2.05, 4.69) is 67.5 Å². The predicted octanol–water partition coefficient (Wildman–Crippen LogP) is 3.59. The summed E-state index contributed by atoms with van der Waals surface area (Å²) in [7, 11) is 2.14. The molecule has 0 fully saturated rings. The summed E-state index contributed by atoms with van der Waals surface area (Å²) in [6, 6.07) is 13.0. The van der Waals surface area contributed by atoms with Crippen LogP contribution in [0.15, 0.2) is 36.4 Å². The number of nitrogens with one attached hydrogen (secondary N) is 1. The average molecular weight is 274 g/mol. The second-order valence-electron chi connectivity index (χ2n) is 4.95. The molecule has 3 heteroatoms. The van der Waals surface area contributed by atoms with E-state index in [9.17, 15) is 0 Å². The summed E-state index contributed by atoms with van der Waals surface area (Å²) < 4.78 is 0. The Kier molecular flexibility index (Phi) is 5.00. The number of rotatable bonds is 6. The molecular weight excluding hydrogens is 252 g/mol. The smallest absolute Gasteiger partial charge is 0.0366 e.